The van der Waals surface area contributed by atoms with Crippen LogP contribution in [0.4, 0.5) is 0 Å². The second-order valence-corrected chi connectivity index (χ2v) is 12.5. The van der Waals surface area contributed by atoms with Gasteiger partial charge in [-0.2, -0.15) is 8.61 Å². The molecule has 2 saturated heterocycles. The first-order valence-corrected chi connectivity index (χ1v) is 14.2. The number of piperazine rings is 2. The smallest absolute Gasteiger partial charge is 0.243 e. The van der Waals surface area contributed by atoms with Crippen LogP contribution in [-0.2, 0) is 24.8 Å². The number of carbonyl (C=O) groups is 1. The maximum Gasteiger partial charge on any atom is 0.243 e. The molecule has 0 aromatic heterocycles. The summed E-state index contributed by atoms with van der Waals surface area (Å²) in [6, 6.07) is 14.5. The second-order valence-electron chi connectivity index (χ2n) is 8.24. The van der Waals surface area contributed by atoms with E-state index in [4.69, 9.17) is 11.6 Å². The highest BCUT2D eigenvalue weighted by atomic mass is 35.5. The van der Waals surface area contributed by atoms with Gasteiger partial charge in [-0.3, -0.25) is 9.69 Å². The summed E-state index contributed by atoms with van der Waals surface area (Å²) in [4.78, 5) is 16.8. The Balaban J connectivity index is 1.27. The summed E-state index contributed by atoms with van der Waals surface area (Å²) in [5, 5.41) is 0.363. The average molecular weight is 527 g/mol. The number of hydrogen-bond acceptors (Lipinski definition) is 6. The molecular weight excluding hydrogens is 500 g/mol. The molecular formula is C22H27ClN4O5S2. The molecule has 2 aromatic rings. The Morgan fingerprint density at radius 3 is 1.82 bits per heavy atom. The third-order valence-electron chi connectivity index (χ3n) is 6.10. The average Bonchev–Trinajstić information content (AvgIpc) is 2.85. The van der Waals surface area contributed by atoms with E-state index in [1.54, 1.807) is 47.4 Å². The number of benzene rings is 2. The van der Waals surface area contributed by atoms with E-state index in [1.807, 2.05) is 4.90 Å². The standard InChI is InChI=1S/C22H27ClN4O5S2/c23-19-5-4-8-21(17-19)34(31,32)26-13-9-24(10-14-26)18-22(28)25-11-15-27(16-12-25)33(29,30)20-6-2-1-3-7-20/h1-8,17H,9-16,18H2. The zero-order chi connectivity index (χ0) is 24.3. The molecule has 12 heteroatoms. The normalized spacial score (nSPS) is 19.3. The van der Waals surface area contributed by atoms with Crippen molar-refractivity contribution in [3.8, 4) is 0 Å². The summed E-state index contributed by atoms with van der Waals surface area (Å²) >= 11 is 5.94. The third-order valence-corrected chi connectivity index (χ3v) is 10.1. The van der Waals surface area contributed by atoms with Gasteiger partial charge >= 0.3 is 0 Å². The summed E-state index contributed by atoms with van der Waals surface area (Å²) in [7, 11) is -7.21. The van der Waals surface area contributed by atoms with E-state index >= 15 is 0 Å². The lowest BCUT2D eigenvalue weighted by Gasteiger charge is -2.37. The van der Waals surface area contributed by atoms with Crippen LogP contribution in [0.25, 0.3) is 0 Å². The Morgan fingerprint density at radius 2 is 1.24 bits per heavy atom. The van der Waals surface area contributed by atoms with Gasteiger partial charge in [0, 0.05) is 57.4 Å². The molecule has 4 rings (SSSR count). The molecule has 0 bridgehead atoms. The Kier molecular flexibility index (Phi) is 7.60. The van der Waals surface area contributed by atoms with Gasteiger partial charge in [0.2, 0.25) is 26.0 Å². The van der Waals surface area contributed by atoms with Gasteiger partial charge in [-0.15, -0.1) is 0 Å². The van der Waals surface area contributed by atoms with Crippen molar-refractivity contribution in [2.75, 3.05) is 58.9 Å². The lowest BCUT2D eigenvalue weighted by molar-refractivity contribution is -0.133. The molecule has 184 valence electrons. The van der Waals surface area contributed by atoms with Gasteiger partial charge in [0.05, 0.1) is 16.3 Å². The van der Waals surface area contributed by atoms with E-state index in [2.05, 4.69) is 0 Å². The van der Waals surface area contributed by atoms with Crippen LogP contribution in [0.1, 0.15) is 0 Å². The van der Waals surface area contributed by atoms with Gasteiger partial charge < -0.3 is 4.90 Å². The Bertz CT molecular complexity index is 1220. The van der Waals surface area contributed by atoms with E-state index < -0.39 is 20.0 Å². The molecule has 2 aliphatic heterocycles. The predicted octanol–water partition coefficient (Wildman–Crippen LogP) is 1.18. The van der Waals surface area contributed by atoms with E-state index in [0.717, 1.165) is 0 Å². The van der Waals surface area contributed by atoms with Crippen molar-refractivity contribution in [1.82, 2.24) is 18.4 Å². The van der Waals surface area contributed by atoms with Crippen molar-refractivity contribution in [2.24, 2.45) is 0 Å². The third kappa shape index (κ3) is 5.45. The van der Waals surface area contributed by atoms with E-state index in [-0.39, 0.29) is 48.4 Å². The van der Waals surface area contributed by atoms with Crippen LogP contribution >= 0.6 is 11.6 Å². The molecule has 2 aromatic carbocycles. The Hall–Kier alpha value is -2.02. The van der Waals surface area contributed by atoms with Crippen molar-refractivity contribution in [3.63, 3.8) is 0 Å². The minimum atomic E-state index is -3.64. The van der Waals surface area contributed by atoms with Crippen LogP contribution in [0.2, 0.25) is 5.02 Å². The maximum absolute atomic E-state index is 12.8. The first-order valence-electron chi connectivity index (χ1n) is 11.0. The molecule has 0 unspecified atom stereocenters. The minimum absolute atomic E-state index is 0.0806. The van der Waals surface area contributed by atoms with Gasteiger partial charge in [0.25, 0.3) is 0 Å². The zero-order valence-electron chi connectivity index (χ0n) is 18.6. The summed E-state index contributed by atoms with van der Waals surface area (Å²) in [6.45, 7) is 2.76. The summed E-state index contributed by atoms with van der Waals surface area (Å²) in [5.74, 6) is -0.0806. The molecule has 2 heterocycles. The highest BCUT2D eigenvalue weighted by Crippen LogP contribution is 2.21. The van der Waals surface area contributed by atoms with Crippen molar-refractivity contribution in [3.05, 3.63) is 59.6 Å². The first-order chi connectivity index (χ1) is 16.2. The first kappa shape index (κ1) is 25.1. The molecule has 2 aliphatic rings. The fourth-order valence-electron chi connectivity index (χ4n) is 4.12. The Labute approximate surface area is 205 Å². The molecule has 9 nitrogen and oxygen atoms in total. The molecule has 1 amide bonds. The van der Waals surface area contributed by atoms with Crippen LogP contribution < -0.4 is 0 Å². The fraction of sp³-hybridized carbons (Fsp3) is 0.409. The molecule has 0 atom stereocenters. The highest BCUT2D eigenvalue weighted by molar-refractivity contribution is 7.89. The van der Waals surface area contributed by atoms with Crippen LogP contribution in [0, 0.1) is 0 Å². The van der Waals surface area contributed by atoms with Crippen molar-refractivity contribution in [2.45, 2.75) is 9.79 Å². The number of hydrogen-bond donors (Lipinski definition) is 0. The van der Waals surface area contributed by atoms with Crippen LogP contribution in [0.3, 0.4) is 0 Å². The number of carbonyl (C=O) groups excluding carboxylic acids is 1. The number of sulfonamides is 2. The van der Waals surface area contributed by atoms with Crippen LogP contribution in [0.5, 0.6) is 0 Å². The SMILES string of the molecule is O=C(CN1CCN(S(=O)(=O)c2cccc(Cl)c2)CC1)N1CCN(S(=O)(=O)c2ccccc2)CC1. The number of amides is 1. The second kappa shape index (κ2) is 10.3. The number of nitrogens with zero attached hydrogens (tertiary/aromatic N) is 4. The predicted molar refractivity (Wildman–Crippen MR) is 128 cm³/mol. The van der Waals surface area contributed by atoms with Gasteiger partial charge in [0.1, 0.15) is 0 Å². The highest BCUT2D eigenvalue weighted by Gasteiger charge is 2.32. The lowest BCUT2D eigenvalue weighted by atomic mass is 10.3. The van der Waals surface area contributed by atoms with Crippen molar-refractivity contribution in [1.29, 1.82) is 0 Å². The zero-order valence-corrected chi connectivity index (χ0v) is 21.0. The molecule has 0 saturated carbocycles. The van der Waals surface area contributed by atoms with Crippen molar-refractivity contribution >= 4 is 37.6 Å². The van der Waals surface area contributed by atoms with Crippen LogP contribution in [0.15, 0.2) is 64.4 Å². The molecule has 0 radical (unpaired) electrons. The molecule has 2 fully saturated rings. The van der Waals surface area contributed by atoms with Gasteiger partial charge in [0.15, 0.2) is 0 Å². The topological polar surface area (TPSA) is 98.3 Å². The molecule has 34 heavy (non-hydrogen) atoms. The fourth-order valence-corrected chi connectivity index (χ4v) is 7.28. The van der Waals surface area contributed by atoms with Crippen LogP contribution in [-0.4, -0.2) is 100 Å². The monoisotopic (exact) mass is 526 g/mol. The number of halogens is 1. The summed E-state index contributed by atoms with van der Waals surface area (Å²) < 4.78 is 54.1. The van der Waals surface area contributed by atoms with Gasteiger partial charge in [-0.1, -0.05) is 35.9 Å². The van der Waals surface area contributed by atoms with Gasteiger partial charge in [-0.25, -0.2) is 16.8 Å². The number of rotatable bonds is 6. The largest absolute Gasteiger partial charge is 0.339 e. The molecule has 0 aliphatic carbocycles. The summed E-state index contributed by atoms with van der Waals surface area (Å²) in [6.07, 6.45) is 0. The maximum atomic E-state index is 12.8. The Morgan fingerprint density at radius 1 is 0.706 bits per heavy atom. The van der Waals surface area contributed by atoms with Gasteiger partial charge in [-0.05, 0) is 30.3 Å². The van der Waals surface area contributed by atoms with Crippen molar-refractivity contribution < 1.29 is 21.6 Å². The van der Waals surface area contributed by atoms with E-state index in [1.165, 1.54) is 20.7 Å². The van der Waals surface area contributed by atoms with E-state index in [0.29, 0.717) is 31.2 Å². The molecule has 0 spiro atoms. The summed E-state index contributed by atoms with van der Waals surface area (Å²) in [5.41, 5.74) is 0. The molecule has 0 N–H and O–H groups in total. The minimum Gasteiger partial charge on any atom is -0.339 e. The van der Waals surface area contributed by atoms with E-state index in [9.17, 15) is 21.6 Å². The quantitative estimate of drug-likeness (QED) is 0.560. The lowest BCUT2D eigenvalue weighted by Crippen LogP contribution is -2.55.